The number of allylic oxidation sites excluding steroid dienone is 1. The van der Waals surface area contributed by atoms with Crippen molar-refractivity contribution in [2.75, 3.05) is 6.54 Å². The van der Waals surface area contributed by atoms with Gasteiger partial charge in [0.05, 0.1) is 0 Å². The van der Waals surface area contributed by atoms with Crippen LogP contribution in [0.1, 0.15) is 36.0 Å². The van der Waals surface area contributed by atoms with Gasteiger partial charge in [-0.05, 0) is 43.9 Å². The van der Waals surface area contributed by atoms with Gasteiger partial charge in [0.25, 0.3) is 5.91 Å². The highest BCUT2D eigenvalue weighted by Gasteiger charge is 2.09. The zero-order valence-corrected chi connectivity index (χ0v) is 10.1. The van der Waals surface area contributed by atoms with Crippen molar-refractivity contribution in [2.45, 2.75) is 25.7 Å². The molecule has 0 atom stereocenters. The lowest BCUT2D eigenvalue weighted by Gasteiger charge is -2.06. The number of amides is 1. The van der Waals surface area contributed by atoms with E-state index in [1.807, 2.05) is 0 Å². The first-order valence-corrected chi connectivity index (χ1v) is 6.15. The first-order chi connectivity index (χ1) is 8.66. The second-order valence-electron chi connectivity index (χ2n) is 4.46. The summed E-state index contributed by atoms with van der Waals surface area (Å²) >= 11 is 0. The van der Waals surface area contributed by atoms with Crippen LogP contribution in [-0.4, -0.2) is 22.7 Å². The number of phenolic OH excluding ortho intramolecular Hbond substituents is 2. The Balaban J connectivity index is 1.85. The van der Waals surface area contributed by atoms with E-state index in [1.165, 1.54) is 30.2 Å². The third-order valence-corrected chi connectivity index (χ3v) is 3.10. The van der Waals surface area contributed by atoms with Crippen LogP contribution >= 0.6 is 0 Å². The molecule has 0 aliphatic heterocycles. The number of nitrogens with one attached hydrogen (secondary N) is 1. The van der Waals surface area contributed by atoms with Gasteiger partial charge in [0.2, 0.25) is 0 Å². The molecule has 1 aliphatic rings. The van der Waals surface area contributed by atoms with Gasteiger partial charge in [-0.3, -0.25) is 4.79 Å². The third-order valence-electron chi connectivity index (χ3n) is 3.10. The molecule has 1 amide bonds. The molecule has 4 heteroatoms. The smallest absolute Gasteiger partial charge is 0.251 e. The lowest BCUT2D eigenvalue weighted by atomic mass is 10.1. The molecule has 0 radical (unpaired) electrons. The molecule has 2 rings (SSSR count). The molecule has 1 aliphatic carbocycles. The standard InChI is InChI=1S/C14H17NO3/c16-12-6-5-11(9-13(12)17)14(18)15-8-7-10-3-1-2-4-10/h3,5-6,9,16-17H,1-2,4,7-8H2,(H,15,18). The van der Waals surface area contributed by atoms with Crippen molar-refractivity contribution in [3.8, 4) is 11.5 Å². The van der Waals surface area contributed by atoms with Gasteiger partial charge in [-0.2, -0.15) is 0 Å². The summed E-state index contributed by atoms with van der Waals surface area (Å²) in [6.07, 6.45) is 6.62. The quantitative estimate of drug-likeness (QED) is 0.565. The van der Waals surface area contributed by atoms with E-state index in [-0.39, 0.29) is 17.4 Å². The Hall–Kier alpha value is -1.97. The number of rotatable bonds is 4. The van der Waals surface area contributed by atoms with Gasteiger partial charge >= 0.3 is 0 Å². The summed E-state index contributed by atoms with van der Waals surface area (Å²) < 4.78 is 0. The van der Waals surface area contributed by atoms with Crippen LogP contribution in [0.25, 0.3) is 0 Å². The minimum Gasteiger partial charge on any atom is -0.504 e. The molecule has 0 fully saturated rings. The van der Waals surface area contributed by atoms with Crippen LogP contribution in [0.15, 0.2) is 29.8 Å². The fourth-order valence-electron chi connectivity index (χ4n) is 2.07. The number of phenols is 2. The van der Waals surface area contributed by atoms with Crippen LogP contribution in [0, 0.1) is 0 Å². The van der Waals surface area contributed by atoms with Crippen LogP contribution in [0.4, 0.5) is 0 Å². The Kier molecular flexibility index (Phi) is 3.87. The number of hydrogen-bond acceptors (Lipinski definition) is 3. The van der Waals surface area contributed by atoms with Crippen LogP contribution < -0.4 is 5.32 Å². The van der Waals surface area contributed by atoms with Crippen molar-refractivity contribution >= 4 is 5.91 Å². The van der Waals surface area contributed by atoms with Crippen molar-refractivity contribution < 1.29 is 15.0 Å². The maximum Gasteiger partial charge on any atom is 0.251 e. The molecule has 0 aromatic heterocycles. The van der Waals surface area contributed by atoms with Crippen LogP contribution in [-0.2, 0) is 0 Å². The third kappa shape index (κ3) is 3.03. The minimum absolute atomic E-state index is 0.220. The lowest BCUT2D eigenvalue weighted by molar-refractivity contribution is 0.0953. The van der Waals surface area contributed by atoms with Crippen molar-refractivity contribution in [1.82, 2.24) is 5.32 Å². The van der Waals surface area contributed by atoms with E-state index >= 15 is 0 Å². The van der Waals surface area contributed by atoms with E-state index in [0.29, 0.717) is 12.1 Å². The molecule has 96 valence electrons. The summed E-state index contributed by atoms with van der Waals surface area (Å²) in [5.74, 6) is -0.729. The van der Waals surface area contributed by atoms with Gasteiger partial charge in [0.1, 0.15) is 0 Å². The molecule has 1 aromatic rings. The topological polar surface area (TPSA) is 69.6 Å². The van der Waals surface area contributed by atoms with Gasteiger partial charge in [0.15, 0.2) is 11.5 Å². The maximum absolute atomic E-state index is 11.8. The summed E-state index contributed by atoms with van der Waals surface area (Å²) in [6, 6.07) is 4.06. The van der Waals surface area contributed by atoms with Gasteiger partial charge in [-0.15, -0.1) is 0 Å². The highest BCUT2D eigenvalue weighted by Crippen LogP contribution is 2.24. The Labute approximate surface area is 106 Å². The Morgan fingerprint density at radius 1 is 1.28 bits per heavy atom. The van der Waals surface area contributed by atoms with E-state index in [0.717, 1.165) is 19.3 Å². The van der Waals surface area contributed by atoms with Crippen molar-refractivity contribution in [3.05, 3.63) is 35.4 Å². The average molecular weight is 247 g/mol. The van der Waals surface area contributed by atoms with E-state index in [1.54, 1.807) is 0 Å². The van der Waals surface area contributed by atoms with Crippen molar-refractivity contribution in [2.24, 2.45) is 0 Å². The molecule has 3 N–H and O–H groups in total. The Bertz CT molecular complexity index is 480. The minimum atomic E-state index is -0.277. The van der Waals surface area contributed by atoms with Crippen molar-refractivity contribution in [1.29, 1.82) is 0 Å². The van der Waals surface area contributed by atoms with Gasteiger partial charge < -0.3 is 15.5 Å². The van der Waals surface area contributed by atoms with Crippen LogP contribution in [0.5, 0.6) is 11.5 Å². The zero-order valence-electron chi connectivity index (χ0n) is 10.1. The number of hydrogen-bond donors (Lipinski definition) is 3. The molecule has 1 aromatic carbocycles. The largest absolute Gasteiger partial charge is 0.504 e. The molecule has 0 saturated heterocycles. The zero-order chi connectivity index (χ0) is 13.0. The fraction of sp³-hybridized carbons (Fsp3) is 0.357. The Morgan fingerprint density at radius 2 is 2.11 bits per heavy atom. The van der Waals surface area contributed by atoms with E-state index in [4.69, 9.17) is 5.11 Å². The van der Waals surface area contributed by atoms with Gasteiger partial charge in [-0.1, -0.05) is 11.6 Å². The van der Waals surface area contributed by atoms with Crippen LogP contribution in [0.2, 0.25) is 0 Å². The SMILES string of the molecule is O=C(NCCC1=CCCC1)c1ccc(O)c(O)c1. The van der Waals surface area contributed by atoms with E-state index in [9.17, 15) is 9.90 Å². The summed E-state index contributed by atoms with van der Waals surface area (Å²) in [5.41, 5.74) is 1.76. The van der Waals surface area contributed by atoms with Crippen LogP contribution in [0.3, 0.4) is 0 Å². The predicted molar refractivity (Wildman–Crippen MR) is 68.7 cm³/mol. The highest BCUT2D eigenvalue weighted by atomic mass is 16.3. The first kappa shape index (κ1) is 12.5. The summed E-state index contributed by atoms with van der Waals surface area (Å²) in [5, 5.41) is 21.3. The molecular weight excluding hydrogens is 230 g/mol. The van der Waals surface area contributed by atoms with E-state index in [2.05, 4.69) is 11.4 Å². The fourth-order valence-corrected chi connectivity index (χ4v) is 2.07. The molecular formula is C14H17NO3. The Morgan fingerprint density at radius 3 is 2.78 bits per heavy atom. The summed E-state index contributed by atoms with van der Waals surface area (Å²) in [7, 11) is 0. The second-order valence-corrected chi connectivity index (χ2v) is 4.46. The molecule has 0 heterocycles. The molecule has 4 nitrogen and oxygen atoms in total. The van der Waals surface area contributed by atoms with Gasteiger partial charge in [-0.25, -0.2) is 0 Å². The number of carbonyl (C=O) groups is 1. The predicted octanol–water partition coefficient (Wildman–Crippen LogP) is 2.33. The lowest BCUT2D eigenvalue weighted by Crippen LogP contribution is -2.24. The monoisotopic (exact) mass is 247 g/mol. The summed E-state index contributed by atoms with van der Waals surface area (Å²) in [4.78, 5) is 11.8. The normalized spacial score (nSPS) is 14.3. The average Bonchev–Trinajstić information content (AvgIpc) is 2.85. The molecule has 0 spiro atoms. The maximum atomic E-state index is 11.8. The molecule has 0 bridgehead atoms. The molecule has 0 saturated carbocycles. The summed E-state index contributed by atoms with van der Waals surface area (Å²) in [6.45, 7) is 0.603. The highest BCUT2D eigenvalue weighted by molar-refractivity contribution is 5.94. The number of aromatic hydroxyl groups is 2. The van der Waals surface area contributed by atoms with Gasteiger partial charge in [0, 0.05) is 12.1 Å². The second kappa shape index (κ2) is 5.58. The van der Waals surface area contributed by atoms with E-state index < -0.39 is 0 Å². The number of benzene rings is 1. The molecule has 18 heavy (non-hydrogen) atoms. The first-order valence-electron chi connectivity index (χ1n) is 6.15. The number of carbonyl (C=O) groups excluding carboxylic acids is 1. The van der Waals surface area contributed by atoms with Crippen molar-refractivity contribution in [3.63, 3.8) is 0 Å². The molecule has 0 unspecified atom stereocenters.